The van der Waals surface area contributed by atoms with Gasteiger partial charge >= 0.3 is 0 Å². The van der Waals surface area contributed by atoms with Crippen molar-refractivity contribution in [2.75, 3.05) is 0 Å². The Bertz CT molecular complexity index is 1160. The van der Waals surface area contributed by atoms with Gasteiger partial charge in [-0.3, -0.25) is 4.79 Å². The summed E-state index contributed by atoms with van der Waals surface area (Å²) in [7, 11) is 1.89. The van der Waals surface area contributed by atoms with Crippen LogP contribution in [0.5, 0.6) is 0 Å². The van der Waals surface area contributed by atoms with Crippen LogP contribution in [0.2, 0.25) is 5.02 Å². The molecule has 1 amide bonds. The molecule has 3 aromatic heterocycles. The fraction of sp³-hybridized carbons (Fsp3) is 0.105. The number of nitrogens with two attached hydrogens (primary N) is 1. The van der Waals surface area contributed by atoms with Gasteiger partial charge in [0.25, 0.3) is 5.91 Å². The second-order valence-corrected chi connectivity index (χ2v) is 6.56. The maximum Gasteiger partial charge on any atom is 0.250 e. The quantitative estimate of drug-likeness (QED) is 0.603. The van der Waals surface area contributed by atoms with Crippen LogP contribution in [0, 0.1) is 6.92 Å². The molecule has 0 saturated carbocycles. The Morgan fingerprint density at radius 3 is 2.81 bits per heavy atom. The van der Waals surface area contributed by atoms with Crippen molar-refractivity contribution in [3.8, 4) is 22.6 Å². The Balaban J connectivity index is 2.04. The first-order valence-electron chi connectivity index (χ1n) is 8.02. The van der Waals surface area contributed by atoms with E-state index >= 15 is 0 Å². The number of aromatic nitrogens is 4. The van der Waals surface area contributed by atoms with Crippen LogP contribution in [-0.2, 0) is 7.05 Å². The summed E-state index contributed by atoms with van der Waals surface area (Å²) in [6.07, 6.45) is 3.34. The highest BCUT2D eigenvalue weighted by Crippen LogP contribution is 2.35. The van der Waals surface area contributed by atoms with E-state index in [1.165, 1.54) is 6.33 Å². The van der Waals surface area contributed by atoms with Crippen molar-refractivity contribution in [2.45, 2.75) is 6.92 Å². The SMILES string of the molecule is Cc1ccc(Cl)cc1-c1c(C(N)=O)cc(-c2ncnn3cccc23)n1C. The van der Waals surface area contributed by atoms with Gasteiger partial charge in [0.15, 0.2) is 0 Å². The Morgan fingerprint density at radius 1 is 1.23 bits per heavy atom. The lowest BCUT2D eigenvalue weighted by Crippen LogP contribution is -2.12. The minimum absolute atomic E-state index is 0.427. The molecule has 4 aromatic rings. The van der Waals surface area contributed by atoms with Crippen molar-refractivity contribution < 1.29 is 4.79 Å². The molecule has 0 aliphatic carbocycles. The predicted octanol–water partition coefficient (Wildman–Crippen LogP) is 3.46. The molecule has 0 unspecified atom stereocenters. The van der Waals surface area contributed by atoms with Crippen LogP contribution in [0.15, 0.2) is 48.9 Å². The molecule has 7 heteroatoms. The molecule has 3 heterocycles. The number of carbonyl (C=O) groups is 1. The third-order valence-corrected chi connectivity index (χ3v) is 4.76. The number of halogens is 1. The second kappa shape index (κ2) is 6.00. The van der Waals surface area contributed by atoms with Crippen LogP contribution < -0.4 is 5.73 Å². The molecule has 4 rings (SSSR count). The zero-order valence-electron chi connectivity index (χ0n) is 14.3. The fourth-order valence-corrected chi connectivity index (χ4v) is 3.43. The Morgan fingerprint density at radius 2 is 2.04 bits per heavy atom. The first kappa shape index (κ1) is 16.4. The molecule has 0 aliphatic heterocycles. The van der Waals surface area contributed by atoms with E-state index < -0.39 is 5.91 Å². The van der Waals surface area contributed by atoms with E-state index in [0.29, 0.717) is 10.6 Å². The number of carbonyl (C=O) groups excluding carboxylic acids is 1. The molecule has 0 radical (unpaired) electrons. The second-order valence-electron chi connectivity index (χ2n) is 6.12. The molecule has 6 nitrogen and oxygen atoms in total. The number of hydrogen-bond donors (Lipinski definition) is 1. The summed E-state index contributed by atoms with van der Waals surface area (Å²) in [5.41, 5.74) is 11.0. The summed E-state index contributed by atoms with van der Waals surface area (Å²) in [5, 5.41) is 4.79. The van der Waals surface area contributed by atoms with Crippen LogP contribution in [0.3, 0.4) is 0 Å². The van der Waals surface area contributed by atoms with Crippen molar-refractivity contribution in [3.05, 3.63) is 65.1 Å². The molecule has 1 aromatic carbocycles. The molecule has 0 fully saturated rings. The van der Waals surface area contributed by atoms with Crippen LogP contribution in [0.4, 0.5) is 0 Å². The van der Waals surface area contributed by atoms with Gasteiger partial charge in [0, 0.05) is 23.8 Å². The maximum atomic E-state index is 12.1. The Hall–Kier alpha value is -3.12. The van der Waals surface area contributed by atoms with Gasteiger partial charge in [0.1, 0.15) is 12.0 Å². The zero-order valence-corrected chi connectivity index (χ0v) is 15.0. The van der Waals surface area contributed by atoms with Gasteiger partial charge in [-0.05, 0) is 42.8 Å². The van der Waals surface area contributed by atoms with Crippen molar-refractivity contribution >= 4 is 23.0 Å². The maximum absolute atomic E-state index is 12.1. The summed E-state index contributed by atoms with van der Waals surface area (Å²) in [6, 6.07) is 11.2. The van der Waals surface area contributed by atoms with Crippen molar-refractivity contribution in [1.29, 1.82) is 0 Å². The minimum Gasteiger partial charge on any atom is -0.366 e. The highest BCUT2D eigenvalue weighted by Gasteiger charge is 2.22. The highest BCUT2D eigenvalue weighted by molar-refractivity contribution is 6.31. The number of amides is 1. The summed E-state index contributed by atoms with van der Waals surface area (Å²) in [4.78, 5) is 16.6. The highest BCUT2D eigenvalue weighted by atomic mass is 35.5. The van der Waals surface area contributed by atoms with Crippen LogP contribution in [0.25, 0.3) is 28.2 Å². The Kier molecular flexibility index (Phi) is 3.77. The van der Waals surface area contributed by atoms with Gasteiger partial charge in [0.2, 0.25) is 0 Å². The van der Waals surface area contributed by atoms with Crippen molar-refractivity contribution in [1.82, 2.24) is 19.2 Å². The molecular weight excluding hydrogens is 350 g/mol. The smallest absolute Gasteiger partial charge is 0.250 e. The van der Waals surface area contributed by atoms with Crippen molar-refractivity contribution in [2.24, 2.45) is 12.8 Å². The molecule has 0 saturated heterocycles. The number of aryl methyl sites for hydroxylation is 1. The van der Waals surface area contributed by atoms with Gasteiger partial charge in [-0.25, -0.2) is 9.50 Å². The van der Waals surface area contributed by atoms with E-state index in [2.05, 4.69) is 10.1 Å². The third kappa shape index (κ3) is 2.46. The van der Waals surface area contributed by atoms with E-state index in [1.54, 1.807) is 10.6 Å². The number of rotatable bonds is 3. The first-order valence-corrected chi connectivity index (χ1v) is 8.40. The molecule has 0 bridgehead atoms. The summed E-state index contributed by atoms with van der Waals surface area (Å²) < 4.78 is 3.66. The number of primary amides is 1. The van der Waals surface area contributed by atoms with Gasteiger partial charge in [-0.15, -0.1) is 0 Å². The van der Waals surface area contributed by atoms with Gasteiger partial charge in [0.05, 0.1) is 22.5 Å². The van der Waals surface area contributed by atoms with Crippen LogP contribution in [-0.4, -0.2) is 25.1 Å². The Labute approximate surface area is 154 Å². The number of nitrogens with zero attached hydrogens (tertiary/aromatic N) is 4. The van der Waals surface area contributed by atoms with E-state index in [-0.39, 0.29) is 0 Å². The lowest BCUT2D eigenvalue weighted by Gasteiger charge is -2.12. The summed E-state index contributed by atoms with van der Waals surface area (Å²) in [6.45, 7) is 1.97. The standard InChI is InChI=1S/C19H16ClN5O/c1-11-5-6-12(20)8-13(11)18-14(19(21)26)9-16(24(18)2)17-15-4-3-7-25(15)23-10-22-17/h3-10H,1-2H3,(H2,21,26). The molecule has 130 valence electrons. The fourth-order valence-electron chi connectivity index (χ4n) is 3.26. The van der Waals surface area contributed by atoms with Gasteiger partial charge < -0.3 is 10.3 Å². The summed E-state index contributed by atoms with van der Waals surface area (Å²) in [5.74, 6) is -0.498. The van der Waals surface area contributed by atoms with Crippen molar-refractivity contribution in [3.63, 3.8) is 0 Å². The average molecular weight is 366 g/mol. The van der Waals surface area contributed by atoms with E-state index in [9.17, 15) is 4.79 Å². The lowest BCUT2D eigenvalue weighted by atomic mass is 10.0. The van der Waals surface area contributed by atoms with E-state index in [4.69, 9.17) is 17.3 Å². The number of hydrogen-bond acceptors (Lipinski definition) is 3. The minimum atomic E-state index is -0.498. The number of benzene rings is 1. The first-order chi connectivity index (χ1) is 12.5. The topological polar surface area (TPSA) is 78.2 Å². The van der Waals surface area contributed by atoms with Crippen LogP contribution in [0.1, 0.15) is 15.9 Å². The number of fused-ring (bicyclic) bond motifs is 1. The van der Waals surface area contributed by atoms with E-state index in [1.807, 2.05) is 55.1 Å². The zero-order chi connectivity index (χ0) is 18.4. The lowest BCUT2D eigenvalue weighted by molar-refractivity contribution is 0.100. The molecule has 0 atom stereocenters. The molecule has 0 aliphatic rings. The van der Waals surface area contributed by atoms with E-state index in [0.717, 1.165) is 33.7 Å². The largest absolute Gasteiger partial charge is 0.366 e. The predicted molar refractivity (Wildman–Crippen MR) is 101 cm³/mol. The molecule has 2 N–H and O–H groups in total. The third-order valence-electron chi connectivity index (χ3n) is 4.53. The normalized spacial score (nSPS) is 11.2. The van der Waals surface area contributed by atoms with Crippen LogP contribution >= 0.6 is 11.6 Å². The van der Waals surface area contributed by atoms with Gasteiger partial charge in [-0.2, -0.15) is 5.10 Å². The average Bonchev–Trinajstić information content (AvgIpc) is 3.21. The summed E-state index contributed by atoms with van der Waals surface area (Å²) >= 11 is 6.19. The molecule has 26 heavy (non-hydrogen) atoms. The molecular formula is C19H16ClN5O. The monoisotopic (exact) mass is 365 g/mol. The molecule has 0 spiro atoms. The van der Waals surface area contributed by atoms with Gasteiger partial charge in [-0.1, -0.05) is 17.7 Å².